The van der Waals surface area contributed by atoms with Gasteiger partial charge in [-0.2, -0.15) is 0 Å². The van der Waals surface area contributed by atoms with E-state index in [9.17, 15) is 14.9 Å². The number of nitrogens with zero attached hydrogens (tertiary/aromatic N) is 1. The number of esters is 1. The Hall–Kier alpha value is -1.91. The maximum absolute atomic E-state index is 12.1. The molecule has 0 amide bonds. The Morgan fingerprint density at radius 1 is 1.27 bits per heavy atom. The molecule has 1 aliphatic rings. The van der Waals surface area contributed by atoms with Crippen LogP contribution in [-0.2, 0) is 9.53 Å². The predicted octanol–water partition coefficient (Wildman–Crippen LogP) is 3.48. The topological polar surface area (TPSA) is 69.4 Å². The van der Waals surface area contributed by atoms with Gasteiger partial charge in [0.1, 0.15) is 0 Å². The monoisotopic (exact) mass is 305 g/mol. The lowest BCUT2D eigenvalue weighted by Crippen LogP contribution is -2.46. The number of nitro groups is 1. The van der Waals surface area contributed by atoms with Crippen LogP contribution in [0.3, 0.4) is 0 Å². The summed E-state index contributed by atoms with van der Waals surface area (Å²) in [6, 6.07) is 7.69. The van der Waals surface area contributed by atoms with Crippen LogP contribution in [0.2, 0.25) is 0 Å². The largest absolute Gasteiger partial charge is 0.469 e. The SMILES string of the molecule is COC(=O)C(C)C(c1ccc(C)cc1)C1([N+](=O)[O-])CCCC1. The summed E-state index contributed by atoms with van der Waals surface area (Å²) in [4.78, 5) is 23.8. The van der Waals surface area contributed by atoms with Gasteiger partial charge in [-0.15, -0.1) is 0 Å². The first-order valence-corrected chi connectivity index (χ1v) is 7.71. The zero-order valence-corrected chi connectivity index (χ0v) is 13.4. The zero-order valence-electron chi connectivity index (χ0n) is 13.4. The third-order valence-corrected chi connectivity index (χ3v) is 4.92. The zero-order chi connectivity index (χ0) is 16.3. The van der Waals surface area contributed by atoms with E-state index in [-0.39, 0.29) is 4.92 Å². The summed E-state index contributed by atoms with van der Waals surface area (Å²) < 4.78 is 4.86. The molecule has 0 aliphatic heterocycles. The van der Waals surface area contributed by atoms with Crippen LogP contribution in [0.15, 0.2) is 24.3 Å². The first-order valence-electron chi connectivity index (χ1n) is 7.71. The van der Waals surface area contributed by atoms with Crippen molar-refractivity contribution in [2.45, 2.75) is 51.0 Å². The number of ether oxygens (including phenoxy) is 1. The summed E-state index contributed by atoms with van der Waals surface area (Å²) in [6.07, 6.45) is 2.69. The average molecular weight is 305 g/mol. The Bertz CT molecular complexity index is 546. The van der Waals surface area contributed by atoms with Gasteiger partial charge in [0.2, 0.25) is 5.54 Å². The highest BCUT2D eigenvalue weighted by molar-refractivity contribution is 5.73. The molecule has 0 spiro atoms. The van der Waals surface area contributed by atoms with Crippen LogP contribution >= 0.6 is 0 Å². The number of carbonyl (C=O) groups is 1. The van der Waals surface area contributed by atoms with Crippen LogP contribution in [0.5, 0.6) is 0 Å². The van der Waals surface area contributed by atoms with E-state index in [4.69, 9.17) is 4.74 Å². The molecule has 0 N–H and O–H groups in total. The average Bonchev–Trinajstić information content (AvgIpc) is 2.99. The molecular weight excluding hydrogens is 282 g/mol. The highest BCUT2D eigenvalue weighted by atomic mass is 16.6. The first-order chi connectivity index (χ1) is 10.4. The number of hydrogen-bond donors (Lipinski definition) is 0. The van der Waals surface area contributed by atoms with Crippen molar-refractivity contribution in [3.63, 3.8) is 0 Å². The van der Waals surface area contributed by atoms with Crippen molar-refractivity contribution < 1.29 is 14.5 Å². The Balaban J connectivity index is 2.51. The quantitative estimate of drug-likeness (QED) is 0.474. The summed E-state index contributed by atoms with van der Waals surface area (Å²) in [5.41, 5.74) is 0.875. The van der Waals surface area contributed by atoms with Crippen LogP contribution in [0, 0.1) is 23.0 Å². The van der Waals surface area contributed by atoms with Crippen LogP contribution in [0.1, 0.15) is 49.7 Å². The van der Waals surface area contributed by atoms with Crippen molar-refractivity contribution in [3.05, 3.63) is 45.5 Å². The molecule has 22 heavy (non-hydrogen) atoms. The lowest BCUT2D eigenvalue weighted by molar-refractivity contribution is -0.575. The fourth-order valence-corrected chi connectivity index (χ4v) is 3.75. The van der Waals surface area contributed by atoms with E-state index in [1.165, 1.54) is 7.11 Å². The molecule has 1 aromatic rings. The molecular formula is C17H23NO4. The van der Waals surface area contributed by atoms with Gasteiger partial charge in [0, 0.05) is 17.8 Å². The fourth-order valence-electron chi connectivity index (χ4n) is 3.75. The number of aryl methyl sites for hydroxylation is 1. The van der Waals surface area contributed by atoms with E-state index in [1.54, 1.807) is 6.92 Å². The number of carbonyl (C=O) groups excluding carboxylic acids is 1. The molecule has 1 aliphatic carbocycles. The molecule has 5 heteroatoms. The second-order valence-corrected chi connectivity index (χ2v) is 6.27. The van der Waals surface area contributed by atoms with Gasteiger partial charge in [-0.25, -0.2) is 0 Å². The van der Waals surface area contributed by atoms with Crippen molar-refractivity contribution >= 4 is 5.97 Å². The van der Waals surface area contributed by atoms with Crippen LogP contribution in [0.4, 0.5) is 0 Å². The van der Waals surface area contributed by atoms with Gasteiger partial charge < -0.3 is 4.74 Å². The minimum Gasteiger partial charge on any atom is -0.469 e. The van der Waals surface area contributed by atoms with Gasteiger partial charge in [-0.1, -0.05) is 36.8 Å². The Kier molecular flexibility index (Phi) is 4.84. The molecule has 120 valence electrons. The third-order valence-electron chi connectivity index (χ3n) is 4.92. The molecule has 0 saturated heterocycles. The highest BCUT2D eigenvalue weighted by Crippen LogP contribution is 2.47. The second kappa shape index (κ2) is 6.46. The predicted molar refractivity (Wildman–Crippen MR) is 83.3 cm³/mol. The van der Waals surface area contributed by atoms with Crippen LogP contribution < -0.4 is 0 Å². The Labute approximate surface area is 130 Å². The normalized spacial score (nSPS) is 19.4. The molecule has 0 bridgehead atoms. The lowest BCUT2D eigenvalue weighted by atomic mass is 9.71. The van der Waals surface area contributed by atoms with Crippen molar-refractivity contribution in [2.24, 2.45) is 5.92 Å². The summed E-state index contributed by atoms with van der Waals surface area (Å²) in [6.45, 7) is 3.71. The van der Waals surface area contributed by atoms with Gasteiger partial charge in [-0.05, 0) is 25.3 Å². The summed E-state index contributed by atoms with van der Waals surface area (Å²) in [7, 11) is 1.33. The molecule has 2 unspecified atom stereocenters. The van der Waals surface area contributed by atoms with Crippen LogP contribution in [0.25, 0.3) is 0 Å². The second-order valence-electron chi connectivity index (χ2n) is 6.27. The summed E-state index contributed by atoms with van der Waals surface area (Å²) >= 11 is 0. The lowest BCUT2D eigenvalue weighted by Gasteiger charge is -2.33. The van der Waals surface area contributed by atoms with E-state index < -0.39 is 23.3 Å². The van der Waals surface area contributed by atoms with E-state index in [2.05, 4.69) is 0 Å². The van der Waals surface area contributed by atoms with Crippen molar-refractivity contribution in [3.8, 4) is 0 Å². The van der Waals surface area contributed by atoms with E-state index in [0.717, 1.165) is 24.0 Å². The van der Waals surface area contributed by atoms with Crippen molar-refractivity contribution in [2.75, 3.05) is 7.11 Å². The molecule has 0 radical (unpaired) electrons. The molecule has 1 aromatic carbocycles. The maximum Gasteiger partial charge on any atom is 0.309 e. The maximum atomic E-state index is 12.1. The number of rotatable bonds is 5. The molecule has 0 heterocycles. The minimum atomic E-state index is -1.07. The summed E-state index contributed by atoms with van der Waals surface area (Å²) in [5, 5.41) is 11.9. The van der Waals surface area contributed by atoms with Crippen LogP contribution in [-0.4, -0.2) is 23.5 Å². The molecule has 5 nitrogen and oxygen atoms in total. The van der Waals surface area contributed by atoms with Gasteiger partial charge in [0.15, 0.2) is 0 Å². The Morgan fingerprint density at radius 2 is 1.82 bits per heavy atom. The molecule has 1 fully saturated rings. The molecule has 0 aromatic heterocycles. The third kappa shape index (κ3) is 2.85. The number of benzene rings is 1. The van der Waals surface area contributed by atoms with Gasteiger partial charge in [-0.3, -0.25) is 14.9 Å². The van der Waals surface area contributed by atoms with Gasteiger partial charge >= 0.3 is 5.97 Å². The van der Waals surface area contributed by atoms with Gasteiger partial charge in [0.05, 0.1) is 18.9 Å². The number of methoxy groups -OCH3 is 1. The first kappa shape index (κ1) is 16.5. The standard InChI is InChI=1S/C17H23NO4/c1-12-6-8-14(9-7-12)15(13(2)16(19)22-3)17(18(20)21)10-4-5-11-17/h6-9,13,15H,4-5,10-11H2,1-3H3. The molecule has 2 rings (SSSR count). The van der Waals surface area contributed by atoms with Crippen molar-refractivity contribution in [1.82, 2.24) is 0 Å². The fraction of sp³-hybridized carbons (Fsp3) is 0.588. The number of hydrogen-bond acceptors (Lipinski definition) is 4. The van der Waals surface area contributed by atoms with E-state index in [1.807, 2.05) is 31.2 Å². The highest BCUT2D eigenvalue weighted by Gasteiger charge is 2.56. The van der Waals surface area contributed by atoms with Gasteiger partial charge in [0.25, 0.3) is 0 Å². The van der Waals surface area contributed by atoms with Crippen molar-refractivity contribution in [1.29, 1.82) is 0 Å². The Morgan fingerprint density at radius 3 is 2.27 bits per heavy atom. The summed E-state index contributed by atoms with van der Waals surface area (Å²) in [5.74, 6) is -1.40. The van der Waals surface area contributed by atoms with E-state index in [0.29, 0.717) is 12.8 Å². The van der Waals surface area contributed by atoms with E-state index >= 15 is 0 Å². The smallest absolute Gasteiger partial charge is 0.309 e. The molecule has 1 saturated carbocycles. The minimum absolute atomic E-state index is 0.163. The molecule has 2 atom stereocenters.